The third kappa shape index (κ3) is 8.42. The third-order valence-corrected chi connectivity index (χ3v) is 2.43. The summed E-state index contributed by atoms with van der Waals surface area (Å²) in [5.41, 5.74) is 6.32. The Hall–Kier alpha value is -1.30. The van der Waals surface area contributed by atoms with Gasteiger partial charge in [0.1, 0.15) is 12.4 Å². The van der Waals surface area contributed by atoms with Gasteiger partial charge in [-0.05, 0) is 38.4 Å². The average molecular weight is 268 g/mol. The molecule has 0 aliphatic carbocycles. The second kappa shape index (κ2) is 9.61. The second-order valence-corrected chi connectivity index (χ2v) is 4.45. The normalized spacial score (nSPS) is 10.9. The SMILES string of the molecule is CN(C)CCOCCOCCOc1ccc(N)cc1. The summed E-state index contributed by atoms with van der Waals surface area (Å²) in [6.07, 6.45) is 0. The van der Waals surface area contributed by atoms with Crippen molar-refractivity contribution >= 4 is 5.69 Å². The summed E-state index contributed by atoms with van der Waals surface area (Å²) in [6.45, 7) is 3.97. The van der Waals surface area contributed by atoms with Crippen LogP contribution in [0, 0.1) is 0 Å². The molecule has 0 aliphatic rings. The highest BCUT2D eigenvalue weighted by Crippen LogP contribution is 2.12. The van der Waals surface area contributed by atoms with Crippen LogP contribution in [0.1, 0.15) is 0 Å². The quantitative estimate of drug-likeness (QED) is 0.511. The number of nitrogens with zero attached hydrogens (tertiary/aromatic N) is 1. The summed E-state index contributed by atoms with van der Waals surface area (Å²) in [4.78, 5) is 2.08. The maximum absolute atomic E-state index is 5.58. The van der Waals surface area contributed by atoms with E-state index >= 15 is 0 Å². The van der Waals surface area contributed by atoms with Gasteiger partial charge in [0.05, 0.1) is 26.4 Å². The zero-order chi connectivity index (χ0) is 13.9. The van der Waals surface area contributed by atoms with Crippen molar-refractivity contribution in [2.75, 3.05) is 59.4 Å². The number of ether oxygens (including phenoxy) is 3. The van der Waals surface area contributed by atoms with E-state index in [4.69, 9.17) is 19.9 Å². The minimum Gasteiger partial charge on any atom is -0.491 e. The molecule has 1 rings (SSSR count). The van der Waals surface area contributed by atoms with E-state index in [0.29, 0.717) is 26.4 Å². The smallest absolute Gasteiger partial charge is 0.119 e. The summed E-state index contributed by atoms with van der Waals surface area (Å²) in [6, 6.07) is 7.32. The van der Waals surface area contributed by atoms with Crippen molar-refractivity contribution in [2.24, 2.45) is 0 Å². The molecule has 2 N–H and O–H groups in total. The fourth-order valence-corrected chi connectivity index (χ4v) is 1.35. The van der Waals surface area contributed by atoms with Crippen LogP contribution in [0.5, 0.6) is 5.75 Å². The fourth-order valence-electron chi connectivity index (χ4n) is 1.35. The molecule has 0 heterocycles. The molecule has 0 saturated carbocycles. The Balaban J connectivity index is 1.90. The van der Waals surface area contributed by atoms with Crippen molar-refractivity contribution in [1.29, 1.82) is 0 Å². The molecule has 0 spiro atoms. The standard InChI is InChI=1S/C14H24N2O3/c1-16(2)7-8-17-9-10-18-11-12-19-14-5-3-13(15)4-6-14/h3-6H,7-12,15H2,1-2H3. The molecule has 1 aromatic carbocycles. The zero-order valence-corrected chi connectivity index (χ0v) is 11.8. The number of nitrogen functional groups attached to an aromatic ring is 1. The number of nitrogens with two attached hydrogens (primary N) is 1. The molecular weight excluding hydrogens is 244 g/mol. The first kappa shape index (κ1) is 15.8. The molecule has 1 aromatic rings. The van der Waals surface area contributed by atoms with Gasteiger partial charge in [0.2, 0.25) is 0 Å². The Kier molecular flexibility index (Phi) is 7.97. The maximum Gasteiger partial charge on any atom is 0.119 e. The molecule has 0 atom stereocenters. The van der Waals surface area contributed by atoms with Gasteiger partial charge in [-0.15, -0.1) is 0 Å². The van der Waals surface area contributed by atoms with Crippen LogP contribution in [0.3, 0.4) is 0 Å². The first-order valence-corrected chi connectivity index (χ1v) is 6.47. The lowest BCUT2D eigenvalue weighted by molar-refractivity contribution is 0.0325. The van der Waals surface area contributed by atoms with Crippen LogP contribution in [0.15, 0.2) is 24.3 Å². The Morgan fingerprint density at radius 1 is 0.895 bits per heavy atom. The van der Waals surface area contributed by atoms with E-state index in [1.165, 1.54) is 0 Å². The maximum atomic E-state index is 5.58. The summed E-state index contributed by atoms with van der Waals surface area (Å²) in [5, 5.41) is 0. The minimum absolute atomic E-state index is 0.529. The topological polar surface area (TPSA) is 57.0 Å². The molecule has 0 unspecified atom stereocenters. The van der Waals surface area contributed by atoms with Gasteiger partial charge in [0.15, 0.2) is 0 Å². The van der Waals surface area contributed by atoms with Crippen LogP contribution in [0.25, 0.3) is 0 Å². The van der Waals surface area contributed by atoms with Gasteiger partial charge in [-0.3, -0.25) is 0 Å². The first-order chi connectivity index (χ1) is 9.18. The summed E-state index contributed by atoms with van der Waals surface area (Å²) in [7, 11) is 4.04. The molecule has 5 nitrogen and oxygen atoms in total. The largest absolute Gasteiger partial charge is 0.491 e. The molecule has 19 heavy (non-hydrogen) atoms. The number of benzene rings is 1. The van der Waals surface area contributed by atoms with Crippen molar-refractivity contribution in [3.8, 4) is 5.75 Å². The van der Waals surface area contributed by atoms with Crippen LogP contribution in [0.2, 0.25) is 0 Å². The Labute approximate surface area is 115 Å². The van der Waals surface area contributed by atoms with Crippen LogP contribution >= 0.6 is 0 Å². The van der Waals surface area contributed by atoms with Crippen LogP contribution < -0.4 is 10.5 Å². The summed E-state index contributed by atoms with van der Waals surface area (Å²) >= 11 is 0. The molecule has 108 valence electrons. The van der Waals surface area contributed by atoms with E-state index in [0.717, 1.165) is 24.6 Å². The van der Waals surface area contributed by atoms with E-state index in [-0.39, 0.29) is 0 Å². The van der Waals surface area contributed by atoms with Gasteiger partial charge in [0, 0.05) is 12.2 Å². The van der Waals surface area contributed by atoms with Crippen molar-refractivity contribution in [3.05, 3.63) is 24.3 Å². The highest BCUT2D eigenvalue weighted by Gasteiger charge is 1.95. The molecule has 0 fully saturated rings. The number of anilines is 1. The fraction of sp³-hybridized carbons (Fsp3) is 0.571. The Morgan fingerprint density at radius 3 is 2.11 bits per heavy atom. The van der Waals surface area contributed by atoms with Crippen molar-refractivity contribution in [2.45, 2.75) is 0 Å². The molecule has 0 aliphatic heterocycles. The third-order valence-electron chi connectivity index (χ3n) is 2.43. The molecular formula is C14H24N2O3. The van der Waals surface area contributed by atoms with E-state index in [1.807, 2.05) is 38.4 Å². The van der Waals surface area contributed by atoms with Crippen molar-refractivity contribution in [1.82, 2.24) is 4.90 Å². The molecule has 0 aromatic heterocycles. The summed E-state index contributed by atoms with van der Waals surface area (Å²) < 4.78 is 16.3. The number of hydrogen-bond donors (Lipinski definition) is 1. The van der Waals surface area contributed by atoms with E-state index in [1.54, 1.807) is 0 Å². The molecule has 0 bridgehead atoms. The lowest BCUT2D eigenvalue weighted by atomic mass is 10.3. The first-order valence-electron chi connectivity index (χ1n) is 6.47. The lowest BCUT2D eigenvalue weighted by Crippen LogP contribution is -2.19. The van der Waals surface area contributed by atoms with Crippen LogP contribution in [-0.4, -0.2) is 58.6 Å². The number of likely N-dealkylation sites (N-methyl/N-ethyl adjacent to an activating group) is 1. The van der Waals surface area contributed by atoms with E-state index in [9.17, 15) is 0 Å². The molecule has 0 saturated heterocycles. The number of hydrogen-bond acceptors (Lipinski definition) is 5. The Bertz CT molecular complexity index is 328. The average Bonchev–Trinajstić information content (AvgIpc) is 2.38. The zero-order valence-electron chi connectivity index (χ0n) is 11.8. The van der Waals surface area contributed by atoms with Gasteiger partial charge in [-0.2, -0.15) is 0 Å². The lowest BCUT2D eigenvalue weighted by Gasteiger charge is -2.10. The monoisotopic (exact) mass is 268 g/mol. The van der Waals surface area contributed by atoms with E-state index < -0.39 is 0 Å². The summed E-state index contributed by atoms with van der Waals surface area (Å²) in [5.74, 6) is 0.806. The van der Waals surface area contributed by atoms with Gasteiger partial charge >= 0.3 is 0 Å². The molecule has 5 heteroatoms. The second-order valence-electron chi connectivity index (χ2n) is 4.45. The molecule has 0 radical (unpaired) electrons. The highest BCUT2D eigenvalue weighted by atomic mass is 16.5. The highest BCUT2D eigenvalue weighted by molar-refractivity contribution is 5.41. The van der Waals surface area contributed by atoms with Gasteiger partial charge in [-0.25, -0.2) is 0 Å². The van der Waals surface area contributed by atoms with Crippen LogP contribution in [0.4, 0.5) is 5.69 Å². The number of rotatable bonds is 10. The van der Waals surface area contributed by atoms with Crippen LogP contribution in [-0.2, 0) is 9.47 Å². The molecule has 0 amide bonds. The van der Waals surface area contributed by atoms with Crippen molar-refractivity contribution < 1.29 is 14.2 Å². The van der Waals surface area contributed by atoms with E-state index in [2.05, 4.69) is 4.90 Å². The minimum atomic E-state index is 0.529. The Morgan fingerprint density at radius 2 is 1.47 bits per heavy atom. The van der Waals surface area contributed by atoms with Gasteiger partial charge in [-0.1, -0.05) is 0 Å². The van der Waals surface area contributed by atoms with Crippen molar-refractivity contribution in [3.63, 3.8) is 0 Å². The van der Waals surface area contributed by atoms with Gasteiger partial charge < -0.3 is 24.8 Å². The van der Waals surface area contributed by atoms with Gasteiger partial charge in [0.25, 0.3) is 0 Å². The predicted octanol–water partition coefficient (Wildman–Crippen LogP) is 1.24. The predicted molar refractivity (Wildman–Crippen MR) is 76.5 cm³/mol.